The number of hydrogen-bond donors (Lipinski definition) is 2. The summed E-state index contributed by atoms with van der Waals surface area (Å²) >= 11 is 1.45. The summed E-state index contributed by atoms with van der Waals surface area (Å²) in [7, 11) is 0. The summed E-state index contributed by atoms with van der Waals surface area (Å²) in [5, 5.41) is 4.52. The molecule has 1 heterocycles. The number of nitrogens with one attached hydrogen (secondary N) is 1. The van der Waals surface area contributed by atoms with Gasteiger partial charge in [0, 0.05) is 10.9 Å². The predicted octanol–water partition coefficient (Wildman–Crippen LogP) is 1.52. The lowest BCUT2D eigenvalue weighted by Gasteiger charge is -2.06. The predicted molar refractivity (Wildman–Crippen MR) is 75.6 cm³/mol. The maximum absolute atomic E-state index is 13.3. The Kier molecular flexibility index (Phi) is 4.82. The molecule has 102 valence electrons. The highest BCUT2D eigenvalue weighted by Crippen LogP contribution is 2.11. The molecule has 0 spiro atoms. The molecule has 0 saturated heterocycles. The molecule has 3 N–H and O–H groups in total. The van der Waals surface area contributed by atoms with Crippen LogP contribution in [0.15, 0.2) is 29.1 Å². The van der Waals surface area contributed by atoms with Crippen LogP contribution in [0.1, 0.15) is 21.6 Å². The Balaban J connectivity index is 2.17. The van der Waals surface area contributed by atoms with Crippen molar-refractivity contribution in [3.63, 3.8) is 0 Å². The van der Waals surface area contributed by atoms with Crippen LogP contribution in [0.5, 0.6) is 0 Å². The fourth-order valence-corrected chi connectivity index (χ4v) is 2.11. The van der Waals surface area contributed by atoms with E-state index in [1.807, 2.05) is 5.38 Å². The fraction of sp³-hybridized carbons (Fsp3) is 0.143. The van der Waals surface area contributed by atoms with Crippen molar-refractivity contribution < 1.29 is 9.18 Å². The molecule has 0 saturated carbocycles. The van der Waals surface area contributed by atoms with Gasteiger partial charge in [0.05, 0.1) is 29.9 Å². The quantitative estimate of drug-likeness (QED) is 0.842. The van der Waals surface area contributed by atoms with Gasteiger partial charge in [-0.2, -0.15) is 0 Å². The monoisotopic (exact) mass is 289 g/mol. The number of aromatic nitrogens is 1. The van der Waals surface area contributed by atoms with Gasteiger partial charge in [0.15, 0.2) is 0 Å². The number of carbonyl (C=O) groups excluding carboxylic acids is 1. The molecule has 4 nitrogen and oxygen atoms in total. The molecule has 0 unspecified atom stereocenters. The fourth-order valence-electron chi connectivity index (χ4n) is 1.55. The number of nitrogens with two attached hydrogens (primary N) is 1. The van der Waals surface area contributed by atoms with Crippen molar-refractivity contribution in [2.24, 2.45) is 5.73 Å². The van der Waals surface area contributed by atoms with Crippen LogP contribution in [0.4, 0.5) is 4.39 Å². The number of hydrogen-bond acceptors (Lipinski definition) is 4. The van der Waals surface area contributed by atoms with Crippen molar-refractivity contribution in [2.75, 3.05) is 6.54 Å². The SMILES string of the molecule is NCC#Cc1ccc(F)cc1C(=O)NCc1cscn1. The zero-order valence-electron chi connectivity index (χ0n) is 10.5. The number of benzene rings is 1. The number of carbonyl (C=O) groups is 1. The summed E-state index contributed by atoms with van der Waals surface area (Å²) in [6, 6.07) is 3.89. The van der Waals surface area contributed by atoms with E-state index in [-0.39, 0.29) is 18.0 Å². The molecule has 1 amide bonds. The van der Waals surface area contributed by atoms with Crippen molar-refractivity contribution in [1.82, 2.24) is 10.3 Å². The summed E-state index contributed by atoms with van der Waals surface area (Å²) in [5.74, 6) is 4.54. The van der Waals surface area contributed by atoms with Crippen molar-refractivity contribution in [2.45, 2.75) is 6.54 Å². The lowest BCUT2D eigenvalue weighted by atomic mass is 10.1. The number of halogens is 1. The van der Waals surface area contributed by atoms with Crippen LogP contribution in [0.25, 0.3) is 0 Å². The van der Waals surface area contributed by atoms with Gasteiger partial charge in [-0.25, -0.2) is 9.37 Å². The van der Waals surface area contributed by atoms with E-state index >= 15 is 0 Å². The molecule has 1 aromatic carbocycles. The van der Waals surface area contributed by atoms with E-state index in [1.165, 1.54) is 23.5 Å². The molecule has 2 rings (SSSR count). The minimum absolute atomic E-state index is 0.178. The van der Waals surface area contributed by atoms with Crippen molar-refractivity contribution in [3.05, 3.63) is 51.7 Å². The van der Waals surface area contributed by atoms with Gasteiger partial charge in [-0.1, -0.05) is 11.8 Å². The normalized spacial score (nSPS) is 9.70. The van der Waals surface area contributed by atoms with E-state index in [9.17, 15) is 9.18 Å². The number of amides is 1. The van der Waals surface area contributed by atoms with Gasteiger partial charge in [0.25, 0.3) is 5.91 Å². The van der Waals surface area contributed by atoms with E-state index in [4.69, 9.17) is 5.73 Å². The number of thiazole rings is 1. The van der Waals surface area contributed by atoms with Gasteiger partial charge < -0.3 is 11.1 Å². The average molecular weight is 289 g/mol. The Bertz CT molecular complexity index is 659. The lowest BCUT2D eigenvalue weighted by Crippen LogP contribution is -2.24. The Morgan fingerprint density at radius 3 is 3.05 bits per heavy atom. The van der Waals surface area contributed by atoms with E-state index in [1.54, 1.807) is 5.51 Å². The van der Waals surface area contributed by atoms with Crippen LogP contribution in [-0.2, 0) is 6.54 Å². The first-order valence-electron chi connectivity index (χ1n) is 5.84. The van der Waals surface area contributed by atoms with E-state index in [0.29, 0.717) is 12.1 Å². The summed E-state index contributed by atoms with van der Waals surface area (Å²) in [6.07, 6.45) is 0. The summed E-state index contributed by atoms with van der Waals surface area (Å²) in [4.78, 5) is 16.1. The smallest absolute Gasteiger partial charge is 0.252 e. The first kappa shape index (κ1) is 14.2. The molecule has 2 aromatic rings. The average Bonchev–Trinajstić information content (AvgIpc) is 2.96. The van der Waals surface area contributed by atoms with Crippen LogP contribution in [-0.4, -0.2) is 17.4 Å². The third-order valence-electron chi connectivity index (χ3n) is 2.46. The Labute approximate surface area is 119 Å². The summed E-state index contributed by atoms with van der Waals surface area (Å²) in [5.41, 5.74) is 8.39. The van der Waals surface area contributed by atoms with E-state index < -0.39 is 5.82 Å². The Morgan fingerprint density at radius 1 is 1.50 bits per heavy atom. The highest BCUT2D eigenvalue weighted by atomic mass is 32.1. The molecule has 0 aliphatic rings. The maximum atomic E-state index is 13.3. The maximum Gasteiger partial charge on any atom is 0.252 e. The summed E-state index contributed by atoms with van der Waals surface area (Å²) < 4.78 is 13.3. The molecule has 20 heavy (non-hydrogen) atoms. The van der Waals surface area contributed by atoms with Crippen molar-refractivity contribution in [3.8, 4) is 11.8 Å². The lowest BCUT2D eigenvalue weighted by molar-refractivity contribution is 0.0950. The zero-order chi connectivity index (χ0) is 14.4. The second-order valence-electron chi connectivity index (χ2n) is 3.86. The van der Waals surface area contributed by atoms with Crippen molar-refractivity contribution in [1.29, 1.82) is 0 Å². The molecule has 0 radical (unpaired) electrons. The zero-order valence-corrected chi connectivity index (χ0v) is 11.3. The Hall–Kier alpha value is -2.23. The topological polar surface area (TPSA) is 68.0 Å². The van der Waals surface area contributed by atoms with Crippen LogP contribution < -0.4 is 11.1 Å². The molecule has 0 aliphatic heterocycles. The number of rotatable bonds is 3. The second kappa shape index (κ2) is 6.80. The highest BCUT2D eigenvalue weighted by Gasteiger charge is 2.11. The first-order valence-corrected chi connectivity index (χ1v) is 6.78. The van der Waals surface area contributed by atoms with Crippen LogP contribution in [0, 0.1) is 17.7 Å². The number of nitrogens with zero attached hydrogens (tertiary/aromatic N) is 1. The first-order chi connectivity index (χ1) is 9.70. The molecule has 0 atom stereocenters. The highest BCUT2D eigenvalue weighted by molar-refractivity contribution is 7.07. The van der Waals surface area contributed by atoms with Crippen LogP contribution in [0.2, 0.25) is 0 Å². The third kappa shape index (κ3) is 3.63. The van der Waals surface area contributed by atoms with Gasteiger partial charge in [-0.3, -0.25) is 4.79 Å². The minimum atomic E-state index is -0.484. The van der Waals surface area contributed by atoms with Gasteiger partial charge >= 0.3 is 0 Å². The van der Waals surface area contributed by atoms with Crippen molar-refractivity contribution >= 4 is 17.2 Å². The second-order valence-corrected chi connectivity index (χ2v) is 4.58. The standard InChI is InChI=1S/C14H12FN3OS/c15-11-4-3-10(2-1-5-16)13(6-11)14(19)17-7-12-8-20-9-18-12/h3-4,6,8-9H,5,7,16H2,(H,17,19). The molecule has 0 aliphatic carbocycles. The summed E-state index contributed by atoms with van der Waals surface area (Å²) in [6.45, 7) is 0.472. The molecule has 0 fully saturated rings. The molecule has 6 heteroatoms. The van der Waals surface area contributed by atoms with E-state index in [2.05, 4.69) is 22.1 Å². The third-order valence-corrected chi connectivity index (χ3v) is 3.10. The van der Waals surface area contributed by atoms with Gasteiger partial charge in [0.2, 0.25) is 0 Å². The van der Waals surface area contributed by atoms with Gasteiger partial charge in [-0.05, 0) is 18.2 Å². The molecular formula is C14H12FN3OS. The molecular weight excluding hydrogens is 277 g/mol. The molecule has 1 aromatic heterocycles. The van der Waals surface area contributed by atoms with Gasteiger partial charge in [0.1, 0.15) is 5.82 Å². The van der Waals surface area contributed by atoms with Crippen LogP contribution in [0.3, 0.4) is 0 Å². The minimum Gasteiger partial charge on any atom is -0.346 e. The van der Waals surface area contributed by atoms with E-state index in [0.717, 1.165) is 11.8 Å². The molecule has 0 bridgehead atoms. The largest absolute Gasteiger partial charge is 0.346 e. The van der Waals surface area contributed by atoms with Gasteiger partial charge in [-0.15, -0.1) is 11.3 Å². The Morgan fingerprint density at radius 2 is 2.35 bits per heavy atom. The van der Waals surface area contributed by atoms with Crippen LogP contribution >= 0.6 is 11.3 Å².